The van der Waals surface area contributed by atoms with Gasteiger partial charge in [0, 0.05) is 43.4 Å². The number of halogens is 1. The highest BCUT2D eigenvalue weighted by molar-refractivity contribution is 8.00. The van der Waals surface area contributed by atoms with Crippen LogP contribution in [0.15, 0.2) is 34.2 Å². The first kappa shape index (κ1) is 21.6. The molecule has 158 valence electrons. The first-order valence-electron chi connectivity index (χ1n) is 9.42. The minimum atomic E-state index is -3.75. The van der Waals surface area contributed by atoms with Crippen molar-refractivity contribution in [3.05, 3.63) is 40.4 Å². The molecule has 2 aliphatic rings. The third-order valence-corrected chi connectivity index (χ3v) is 6.69. The standard InChI is InChI=1S/C19H25ClN4O4S/c1-13-17(14-3-5-15(20)6-4-14)29(26,27)23-18(13)24-10-7-16(8-11-24)22-19(25)21-9-12-28-2/h3-6,16H,7-12H2,1-2H3,(H2,21,22,25). The van der Waals surface area contributed by atoms with Gasteiger partial charge < -0.3 is 20.3 Å². The van der Waals surface area contributed by atoms with Crippen molar-refractivity contribution in [3.63, 3.8) is 0 Å². The third kappa shape index (κ3) is 5.09. The van der Waals surface area contributed by atoms with Crippen molar-refractivity contribution >= 4 is 38.4 Å². The summed E-state index contributed by atoms with van der Waals surface area (Å²) in [5.41, 5.74) is 1.21. The molecule has 8 nitrogen and oxygen atoms in total. The molecule has 1 fully saturated rings. The number of sulfonamides is 1. The topological polar surface area (TPSA) is 100 Å². The van der Waals surface area contributed by atoms with Crippen LogP contribution in [0.1, 0.15) is 25.3 Å². The Morgan fingerprint density at radius 1 is 1.28 bits per heavy atom. The summed E-state index contributed by atoms with van der Waals surface area (Å²) in [6.45, 7) is 3.92. The van der Waals surface area contributed by atoms with Gasteiger partial charge in [-0.15, -0.1) is 4.40 Å². The summed E-state index contributed by atoms with van der Waals surface area (Å²) in [4.78, 5) is 14.1. The molecule has 0 unspecified atom stereocenters. The Balaban J connectivity index is 1.65. The SMILES string of the molecule is COCCNC(=O)NC1CCN(C2=NS(=O)(=O)C(c3ccc(Cl)cc3)=C2C)CC1. The Kier molecular flexibility index (Phi) is 6.81. The predicted molar refractivity (Wildman–Crippen MR) is 113 cm³/mol. The summed E-state index contributed by atoms with van der Waals surface area (Å²) >= 11 is 5.92. The maximum atomic E-state index is 12.7. The van der Waals surface area contributed by atoms with Crippen molar-refractivity contribution in [1.29, 1.82) is 0 Å². The van der Waals surface area contributed by atoms with E-state index in [0.29, 0.717) is 61.1 Å². The van der Waals surface area contributed by atoms with Gasteiger partial charge in [0.2, 0.25) is 0 Å². The molecule has 1 saturated heterocycles. The molecule has 0 radical (unpaired) electrons. The fourth-order valence-corrected chi connectivity index (χ4v) is 5.13. The van der Waals surface area contributed by atoms with Crippen LogP contribution in [0.3, 0.4) is 0 Å². The molecule has 10 heteroatoms. The molecule has 1 aromatic carbocycles. The average molecular weight is 441 g/mol. The van der Waals surface area contributed by atoms with Crippen molar-refractivity contribution in [1.82, 2.24) is 15.5 Å². The fourth-order valence-electron chi connectivity index (χ4n) is 3.52. The molecule has 0 bridgehead atoms. The van der Waals surface area contributed by atoms with Gasteiger partial charge in [-0.05, 0) is 37.5 Å². The van der Waals surface area contributed by atoms with Gasteiger partial charge in [0.1, 0.15) is 10.7 Å². The molecule has 3 rings (SSSR count). The van der Waals surface area contributed by atoms with Crippen molar-refractivity contribution in [2.75, 3.05) is 33.4 Å². The zero-order valence-corrected chi connectivity index (χ0v) is 18.0. The normalized spacial score (nSPS) is 19.3. The number of rotatable bonds is 5. The number of benzene rings is 1. The largest absolute Gasteiger partial charge is 0.383 e. The summed E-state index contributed by atoms with van der Waals surface area (Å²) in [5.74, 6) is 0.484. The highest BCUT2D eigenvalue weighted by Crippen LogP contribution is 2.34. The molecule has 0 spiro atoms. The van der Waals surface area contributed by atoms with Gasteiger partial charge >= 0.3 is 6.03 Å². The monoisotopic (exact) mass is 440 g/mol. The number of carbonyl (C=O) groups excluding carboxylic acids is 1. The zero-order valence-electron chi connectivity index (χ0n) is 16.4. The van der Waals surface area contributed by atoms with Gasteiger partial charge in [0.05, 0.1) is 6.61 Å². The Morgan fingerprint density at radius 2 is 1.93 bits per heavy atom. The fraction of sp³-hybridized carbons (Fsp3) is 0.474. The summed E-state index contributed by atoms with van der Waals surface area (Å²) in [6.07, 6.45) is 1.42. The molecule has 0 atom stereocenters. The Hall–Kier alpha value is -2.10. The van der Waals surface area contributed by atoms with Crippen LogP contribution in [0, 0.1) is 0 Å². The van der Waals surface area contributed by atoms with Crippen LogP contribution in [0.4, 0.5) is 4.79 Å². The lowest BCUT2D eigenvalue weighted by Crippen LogP contribution is -2.49. The average Bonchev–Trinajstić information content (AvgIpc) is 2.92. The molecule has 2 amide bonds. The summed E-state index contributed by atoms with van der Waals surface area (Å²) in [6, 6.07) is 6.53. The number of nitrogens with one attached hydrogen (secondary N) is 2. The number of ether oxygens (including phenoxy) is 1. The summed E-state index contributed by atoms with van der Waals surface area (Å²) in [7, 11) is -2.18. The molecule has 0 saturated carbocycles. The minimum absolute atomic E-state index is 0.0347. The summed E-state index contributed by atoms with van der Waals surface area (Å²) < 4.78 is 34.3. The molecule has 0 aromatic heterocycles. The number of urea groups is 1. The van der Waals surface area contributed by atoms with E-state index in [1.165, 1.54) is 0 Å². The number of carbonyl (C=O) groups is 1. The van der Waals surface area contributed by atoms with E-state index in [9.17, 15) is 13.2 Å². The molecule has 2 heterocycles. The number of nitrogens with zero attached hydrogens (tertiary/aromatic N) is 2. The van der Waals surface area contributed by atoms with Gasteiger partial charge in [0.25, 0.3) is 10.0 Å². The number of piperidine rings is 1. The highest BCUT2D eigenvalue weighted by Gasteiger charge is 2.34. The second-order valence-corrected chi connectivity index (χ2v) is 8.98. The molecular formula is C19H25ClN4O4S. The number of amides is 2. The Labute approximate surface area is 176 Å². The molecule has 1 aromatic rings. The molecule has 29 heavy (non-hydrogen) atoms. The highest BCUT2D eigenvalue weighted by atomic mass is 35.5. The number of hydrogen-bond acceptors (Lipinski definition) is 5. The van der Waals surface area contributed by atoms with Gasteiger partial charge in [-0.25, -0.2) is 4.79 Å². The van der Waals surface area contributed by atoms with Gasteiger partial charge in [0.15, 0.2) is 0 Å². The second-order valence-electron chi connectivity index (χ2n) is 7.01. The van der Waals surface area contributed by atoms with Crippen LogP contribution in [0.2, 0.25) is 5.02 Å². The molecule has 2 N–H and O–H groups in total. The lowest BCUT2D eigenvalue weighted by atomic mass is 10.0. The molecule has 0 aliphatic carbocycles. The van der Waals surface area contributed by atoms with Crippen LogP contribution < -0.4 is 10.6 Å². The number of amidine groups is 1. The maximum absolute atomic E-state index is 12.7. The van der Waals surface area contributed by atoms with Crippen molar-refractivity contribution < 1.29 is 17.9 Å². The minimum Gasteiger partial charge on any atom is -0.383 e. The van der Waals surface area contributed by atoms with Crippen LogP contribution >= 0.6 is 11.6 Å². The van der Waals surface area contributed by atoms with Crippen LogP contribution in [-0.4, -0.2) is 64.6 Å². The van der Waals surface area contributed by atoms with Crippen molar-refractivity contribution in [2.24, 2.45) is 4.40 Å². The lowest BCUT2D eigenvalue weighted by molar-refractivity contribution is 0.193. The van der Waals surface area contributed by atoms with Gasteiger partial charge in [-0.1, -0.05) is 23.7 Å². The van der Waals surface area contributed by atoms with E-state index in [2.05, 4.69) is 15.0 Å². The predicted octanol–water partition coefficient (Wildman–Crippen LogP) is 2.22. The first-order valence-corrected chi connectivity index (χ1v) is 11.2. The van der Waals surface area contributed by atoms with E-state index in [4.69, 9.17) is 16.3 Å². The Morgan fingerprint density at radius 3 is 2.55 bits per heavy atom. The second kappa shape index (κ2) is 9.15. The summed E-state index contributed by atoms with van der Waals surface area (Å²) in [5, 5.41) is 6.22. The third-order valence-electron chi connectivity index (χ3n) is 4.97. The van der Waals surface area contributed by atoms with E-state index in [1.807, 2.05) is 4.90 Å². The quantitative estimate of drug-likeness (QED) is 0.684. The van der Waals surface area contributed by atoms with Crippen LogP contribution in [0.25, 0.3) is 4.91 Å². The smallest absolute Gasteiger partial charge is 0.315 e. The van der Waals surface area contributed by atoms with Crippen LogP contribution in [0.5, 0.6) is 0 Å². The van der Waals surface area contributed by atoms with E-state index in [0.717, 1.165) is 0 Å². The zero-order chi connectivity index (χ0) is 21.0. The van der Waals surface area contributed by atoms with Gasteiger partial charge in [-0.2, -0.15) is 8.42 Å². The Bertz CT molecular complexity index is 920. The maximum Gasteiger partial charge on any atom is 0.315 e. The van der Waals surface area contributed by atoms with Gasteiger partial charge in [-0.3, -0.25) is 0 Å². The van der Waals surface area contributed by atoms with E-state index < -0.39 is 10.0 Å². The number of likely N-dealkylation sites (tertiary alicyclic amines) is 1. The number of hydrogen-bond donors (Lipinski definition) is 2. The lowest BCUT2D eigenvalue weighted by Gasteiger charge is -2.33. The number of methoxy groups -OCH3 is 1. The van der Waals surface area contributed by atoms with Crippen LogP contribution in [-0.2, 0) is 14.8 Å². The van der Waals surface area contributed by atoms with E-state index in [1.54, 1.807) is 38.3 Å². The van der Waals surface area contributed by atoms with Crippen molar-refractivity contribution in [3.8, 4) is 0 Å². The molecular weight excluding hydrogens is 416 g/mol. The van der Waals surface area contributed by atoms with Crippen molar-refractivity contribution in [2.45, 2.75) is 25.8 Å². The first-order chi connectivity index (χ1) is 13.8. The van der Waals surface area contributed by atoms with E-state index >= 15 is 0 Å². The van der Waals surface area contributed by atoms with E-state index in [-0.39, 0.29) is 17.0 Å². The molecule has 2 aliphatic heterocycles.